The maximum atomic E-state index is 6.38. The molecule has 1 aliphatic rings. The highest BCUT2D eigenvalue weighted by atomic mass is 16.5. The summed E-state index contributed by atoms with van der Waals surface area (Å²) in [7, 11) is 1.90. The van der Waals surface area contributed by atoms with Gasteiger partial charge in [0.1, 0.15) is 12.2 Å². The van der Waals surface area contributed by atoms with E-state index >= 15 is 0 Å². The van der Waals surface area contributed by atoms with Crippen LogP contribution in [0.2, 0.25) is 0 Å². The predicted molar refractivity (Wildman–Crippen MR) is 69.2 cm³/mol. The first-order chi connectivity index (χ1) is 8.51. The molecule has 1 aromatic rings. The van der Waals surface area contributed by atoms with Gasteiger partial charge in [-0.15, -0.1) is 0 Å². The Morgan fingerprint density at radius 1 is 1.44 bits per heavy atom. The van der Waals surface area contributed by atoms with Crippen LogP contribution in [0.4, 0.5) is 0 Å². The van der Waals surface area contributed by atoms with Crippen molar-refractivity contribution < 1.29 is 4.74 Å². The Labute approximate surface area is 108 Å². The Hall–Kier alpha value is -0.980. The van der Waals surface area contributed by atoms with E-state index in [1.165, 1.54) is 0 Å². The van der Waals surface area contributed by atoms with Crippen LogP contribution < -0.4 is 5.73 Å². The summed E-state index contributed by atoms with van der Waals surface area (Å²) in [4.78, 5) is 6.64. The van der Waals surface area contributed by atoms with Crippen LogP contribution in [0.1, 0.15) is 19.7 Å². The van der Waals surface area contributed by atoms with Gasteiger partial charge in [0.05, 0.1) is 13.2 Å². The molecule has 1 aliphatic heterocycles. The third-order valence-electron chi connectivity index (χ3n) is 3.94. The van der Waals surface area contributed by atoms with E-state index < -0.39 is 0 Å². The number of hydrogen-bond donors (Lipinski definition) is 1. The first kappa shape index (κ1) is 13.5. The number of nitrogens with two attached hydrogens (primary N) is 1. The standard InChI is InChI=1S/C12H23N5O/c1-12(2,17-4-6-18-7-5-17)10(13)8-11-14-9-15-16(11)3/h9-10H,4-8,13H2,1-3H3. The Morgan fingerprint density at radius 3 is 2.67 bits per heavy atom. The van der Waals surface area contributed by atoms with Crippen LogP contribution in [0.5, 0.6) is 0 Å². The lowest BCUT2D eigenvalue weighted by atomic mass is 9.90. The van der Waals surface area contributed by atoms with Crippen molar-refractivity contribution in [2.75, 3.05) is 26.3 Å². The zero-order valence-corrected chi connectivity index (χ0v) is 11.5. The van der Waals surface area contributed by atoms with E-state index in [1.54, 1.807) is 11.0 Å². The number of nitrogens with zero attached hydrogens (tertiary/aromatic N) is 4. The van der Waals surface area contributed by atoms with Gasteiger partial charge in [0.25, 0.3) is 0 Å². The first-order valence-corrected chi connectivity index (χ1v) is 6.43. The second-order valence-corrected chi connectivity index (χ2v) is 5.36. The van der Waals surface area contributed by atoms with Crippen molar-refractivity contribution >= 4 is 0 Å². The van der Waals surface area contributed by atoms with E-state index in [0.29, 0.717) is 0 Å². The van der Waals surface area contributed by atoms with Gasteiger partial charge < -0.3 is 10.5 Å². The lowest BCUT2D eigenvalue weighted by molar-refractivity contribution is -0.0188. The molecule has 0 aliphatic carbocycles. The highest BCUT2D eigenvalue weighted by molar-refractivity contribution is 4.99. The Morgan fingerprint density at radius 2 is 2.11 bits per heavy atom. The summed E-state index contributed by atoms with van der Waals surface area (Å²) in [6.45, 7) is 7.86. The number of hydrogen-bond acceptors (Lipinski definition) is 5. The van der Waals surface area contributed by atoms with Gasteiger partial charge in [-0.05, 0) is 13.8 Å². The quantitative estimate of drug-likeness (QED) is 0.804. The molecule has 2 rings (SSSR count). The summed E-state index contributed by atoms with van der Waals surface area (Å²) < 4.78 is 7.18. The summed E-state index contributed by atoms with van der Waals surface area (Å²) in [5.41, 5.74) is 6.32. The van der Waals surface area contributed by atoms with E-state index in [0.717, 1.165) is 38.5 Å². The molecule has 1 saturated heterocycles. The highest BCUT2D eigenvalue weighted by Crippen LogP contribution is 2.21. The summed E-state index contributed by atoms with van der Waals surface area (Å²) in [5, 5.41) is 4.08. The molecule has 0 spiro atoms. The van der Waals surface area contributed by atoms with Gasteiger partial charge in [-0.25, -0.2) is 4.98 Å². The van der Waals surface area contributed by atoms with Crippen molar-refractivity contribution in [1.82, 2.24) is 19.7 Å². The van der Waals surface area contributed by atoms with Gasteiger partial charge in [0.15, 0.2) is 0 Å². The molecule has 0 saturated carbocycles. The van der Waals surface area contributed by atoms with E-state index in [4.69, 9.17) is 10.5 Å². The fraction of sp³-hybridized carbons (Fsp3) is 0.833. The van der Waals surface area contributed by atoms with Gasteiger partial charge in [-0.2, -0.15) is 5.10 Å². The molecule has 1 fully saturated rings. The fourth-order valence-corrected chi connectivity index (χ4v) is 2.33. The first-order valence-electron chi connectivity index (χ1n) is 6.43. The minimum absolute atomic E-state index is 0.0264. The van der Waals surface area contributed by atoms with E-state index in [9.17, 15) is 0 Å². The van der Waals surface area contributed by atoms with Crippen molar-refractivity contribution in [2.24, 2.45) is 12.8 Å². The summed E-state index contributed by atoms with van der Waals surface area (Å²) in [6.07, 6.45) is 2.31. The molecular formula is C12H23N5O. The minimum atomic E-state index is -0.0598. The molecule has 1 unspecified atom stereocenters. The number of aryl methyl sites for hydroxylation is 1. The van der Waals surface area contributed by atoms with Crippen molar-refractivity contribution in [2.45, 2.75) is 31.8 Å². The molecule has 0 amide bonds. The van der Waals surface area contributed by atoms with Crippen molar-refractivity contribution in [3.8, 4) is 0 Å². The van der Waals surface area contributed by atoms with Crippen LogP contribution >= 0.6 is 0 Å². The van der Waals surface area contributed by atoms with Crippen molar-refractivity contribution in [1.29, 1.82) is 0 Å². The SMILES string of the molecule is Cn1ncnc1CC(N)C(C)(C)N1CCOCC1. The Kier molecular flexibility index (Phi) is 3.99. The normalized spacial score (nSPS) is 20.0. The van der Waals surface area contributed by atoms with Crippen LogP contribution in [0.3, 0.4) is 0 Å². The van der Waals surface area contributed by atoms with Crippen LogP contribution in [0.15, 0.2) is 6.33 Å². The number of ether oxygens (including phenoxy) is 1. The minimum Gasteiger partial charge on any atom is -0.379 e. The number of morpholine rings is 1. The topological polar surface area (TPSA) is 69.2 Å². The Bertz CT molecular complexity index is 384. The summed E-state index contributed by atoms with van der Waals surface area (Å²) in [6, 6.07) is 0.0264. The predicted octanol–water partition coefficient (Wildman–Crippen LogP) is -0.204. The van der Waals surface area contributed by atoms with Gasteiger partial charge in [0, 0.05) is 38.1 Å². The molecule has 18 heavy (non-hydrogen) atoms. The second-order valence-electron chi connectivity index (χ2n) is 5.36. The van der Waals surface area contributed by atoms with E-state index in [1.807, 2.05) is 7.05 Å². The molecule has 102 valence electrons. The zero-order valence-electron chi connectivity index (χ0n) is 11.5. The smallest absolute Gasteiger partial charge is 0.138 e. The molecule has 2 heterocycles. The van der Waals surface area contributed by atoms with Gasteiger partial charge in [0.2, 0.25) is 0 Å². The van der Waals surface area contributed by atoms with Crippen molar-refractivity contribution in [3.63, 3.8) is 0 Å². The maximum absolute atomic E-state index is 6.38. The molecule has 0 bridgehead atoms. The second kappa shape index (κ2) is 5.34. The molecule has 2 N–H and O–H groups in total. The Balaban J connectivity index is 2.02. The van der Waals surface area contributed by atoms with Crippen LogP contribution in [-0.2, 0) is 18.2 Å². The average Bonchev–Trinajstić information content (AvgIpc) is 2.76. The third-order valence-corrected chi connectivity index (χ3v) is 3.94. The van der Waals surface area contributed by atoms with Crippen LogP contribution in [0.25, 0.3) is 0 Å². The molecule has 0 aromatic carbocycles. The molecule has 0 radical (unpaired) electrons. The number of aromatic nitrogens is 3. The lowest BCUT2D eigenvalue weighted by Crippen LogP contribution is -2.59. The van der Waals surface area contributed by atoms with Gasteiger partial charge >= 0.3 is 0 Å². The van der Waals surface area contributed by atoms with Gasteiger partial charge in [-0.1, -0.05) is 0 Å². The van der Waals surface area contributed by atoms with Crippen molar-refractivity contribution in [3.05, 3.63) is 12.2 Å². The third kappa shape index (κ3) is 2.71. The van der Waals surface area contributed by atoms with Crippen LogP contribution in [0, 0.1) is 0 Å². The molecular weight excluding hydrogens is 230 g/mol. The monoisotopic (exact) mass is 253 g/mol. The van der Waals surface area contributed by atoms with E-state index in [-0.39, 0.29) is 11.6 Å². The molecule has 1 atom stereocenters. The van der Waals surface area contributed by atoms with Crippen LogP contribution in [-0.4, -0.2) is 57.5 Å². The lowest BCUT2D eigenvalue weighted by Gasteiger charge is -2.44. The highest BCUT2D eigenvalue weighted by Gasteiger charge is 2.34. The van der Waals surface area contributed by atoms with Gasteiger partial charge in [-0.3, -0.25) is 9.58 Å². The number of rotatable bonds is 4. The molecule has 6 heteroatoms. The fourth-order valence-electron chi connectivity index (χ4n) is 2.33. The van der Waals surface area contributed by atoms with E-state index in [2.05, 4.69) is 28.8 Å². The average molecular weight is 253 g/mol. The summed E-state index contributed by atoms with van der Waals surface area (Å²) >= 11 is 0. The molecule has 1 aromatic heterocycles. The molecule has 6 nitrogen and oxygen atoms in total. The summed E-state index contributed by atoms with van der Waals surface area (Å²) in [5.74, 6) is 0.934. The maximum Gasteiger partial charge on any atom is 0.138 e. The largest absolute Gasteiger partial charge is 0.379 e. The zero-order chi connectivity index (χ0) is 13.2.